The number of rotatable bonds is 4. The lowest BCUT2D eigenvalue weighted by Crippen LogP contribution is -2.00. The highest BCUT2D eigenvalue weighted by atomic mass is 16.3. The minimum absolute atomic E-state index is 0.516. The van der Waals surface area contributed by atoms with Gasteiger partial charge in [0.2, 0.25) is 0 Å². The summed E-state index contributed by atoms with van der Waals surface area (Å²) in [6.45, 7) is 0. The number of nitrogens with zero attached hydrogens (tertiary/aromatic N) is 4. The molecule has 0 amide bonds. The van der Waals surface area contributed by atoms with Gasteiger partial charge in [-0.1, -0.05) is 91.0 Å². The Hall–Kier alpha value is -6.58. The predicted octanol–water partition coefficient (Wildman–Crippen LogP) is 10.2. The van der Waals surface area contributed by atoms with Crippen LogP contribution in [0.5, 0.6) is 0 Å². The van der Waals surface area contributed by atoms with Crippen LogP contribution >= 0.6 is 0 Å². The van der Waals surface area contributed by atoms with E-state index in [0.717, 1.165) is 60.5 Å². The van der Waals surface area contributed by atoms with Crippen molar-refractivity contribution >= 4 is 43.9 Å². The van der Waals surface area contributed by atoms with Crippen LogP contribution in [0.2, 0.25) is 0 Å². The molecule has 0 saturated carbocycles. The van der Waals surface area contributed by atoms with Gasteiger partial charge in [0, 0.05) is 38.2 Å². The van der Waals surface area contributed by atoms with Gasteiger partial charge in [0.05, 0.1) is 11.6 Å². The van der Waals surface area contributed by atoms with Gasteiger partial charge in [0.25, 0.3) is 0 Å². The van der Waals surface area contributed by atoms with Gasteiger partial charge < -0.3 is 8.83 Å². The summed E-state index contributed by atoms with van der Waals surface area (Å²) in [7, 11) is 0. The summed E-state index contributed by atoms with van der Waals surface area (Å²) in [5.41, 5.74) is 8.24. The molecular weight excluding hydrogens is 568 g/mol. The van der Waals surface area contributed by atoms with Crippen LogP contribution in [0.25, 0.3) is 89.2 Å². The maximum atomic E-state index is 9.67. The molecule has 3 aromatic heterocycles. The van der Waals surface area contributed by atoms with E-state index in [2.05, 4.69) is 30.3 Å². The highest BCUT2D eigenvalue weighted by Gasteiger charge is 2.18. The van der Waals surface area contributed by atoms with E-state index in [4.69, 9.17) is 23.8 Å². The Bertz CT molecular complexity index is 2650. The Labute approximate surface area is 262 Å². The van der Waals surface area contributed by atoms with Crippen molar-refractivity contribution in [2.75, 3.05) is 0 Å². The fraction of sp³-hybridized carbons (Fsp3) is 0. The first-order chi connectivity index (χ1) is 22.7. The Balaban J connectivity index is 1.22. The third-order valence-corrected chi connectivity index (χ3v) is 8.38. The van der Waals surface area contributed by atoms with Crippen LogP contribution < -0.4 is 0 Å². The van der Waals surface area contributed by atoms with E-state index in [1.54, 1.807) is 6.07 Å². The number of hydrogen-bond donors (Lipinski definition) is 0. The molecule has 3 heterocycles. The topological polar surface area (TPSA) is 88.7 Å². The van der Waals surface area contributed by atoms with E-state index < -0.39 is 0 Å². The number of benzene rings is 6. The zero-order valence-corrected chi connectivity index (χ0v) is 24.3. The van der Waals surface area contributed by atoms with Crippen LogP contribution in [0.4, 0.5) is 0 Å². The number of aromatic nitrogens is 3. The van der Waals surface area contributed by atoms with Crippen LogP contribution in [-0.4, -0.2) is 15.0 Å². The Morgan fingerprint density at radius 3 is 1.57 bits per heavy atom. The highest BCUT2D eigenvalue weighted by molar-refractivity contribution is 6.13. The molecule has 214 valence electrons. The second-order valence-corrected chi connectivity index (χ2v) is 11.1. The monoisotopic (exact) mass is 590 g/mol. The van der Waals surface area contributed by atoms with Crippen LogP contribution in [-0.2, 0) is 0 Å². The van der Waals surface area contributed by atoms with Gasteiger partial charge in [-0.3, -0.25) is 0 Å². The number of fused-ring (bicyclic) bond motifs is 6. The first-order valence-electron chi connectivity index (χ1n) is 14.9. The third kappa shape index (κ3) is 4.15. The lowest BCUT2D eigenvalue weighted by atomic mass is 9.99. The Morgan fingerprint density at radius 2 is 0.957 bits per heavy atom. The SMILES string of the molecule is N#Cc1cccc2oc3cc(-c4nc(-c5ccccc5)nc(-c5ccc6c(c5)oc5cccc(-c7ccccc7)c56)n4)ccc3c12. The van der Waals surface area contributed by atoms with Gasteiger partial charge in [-0.05, 0) is 53.6 Å². The molecule has 0 aliphatic carbocycles. The lowest BCUT2D eigenvalue weighted by molar-refractivity contribution is 0.668. The largest absolute Gasteiger partial charge is 0.456 e. The minimum atomic E-state index is 0.516. The maximum Gasteiger partial charge on any atom is 0.164 e. The van der Waals surface area contributed by atoms with Crippen molar-refractivity contribution in [3.05, 3.63) is 139 Å². The molecule has 0 atom stereocenters. The fourth-order valence-corrected chi connectivity index (χ4v) is 6.23. The van der Waals surface area contributed by atoms with Gasteiger partial charge in [0.1, 0.15) is 22.3 Å². The van der Waals surface area contributed by atoms with E-state index in [9.17, 15) is 5.26 Å². The second kappa shape index (κ2) is 10.3. The summed E-state index contributed by atoms with van der Waals surface area (Å²) < 4.78 is 12.6. The molecule has 9 aromatic rings. The normalized spacial score (nSPS) is 11.5. The first kappa shape index (κ1) is 25.9. The molecule has 0 unspecified atom stereocenters. The van der Waals surface area contributed by atoms with Gasteiger partial charge in [-0.25, -0.2) is 15.0 Å². The molecule has 0 spiro atoms. The molecule has 0 fully saturated rings. The summed E-state index contributed by atoms with van der Waals surface area (Å²) >= 11 is 0. The zero-order chi connectivity index (χ0) is 30.6. The molecule has 0 radical (unpaired) electrons. The van der Waals surface area contributed by atoms with Crippen LogP contribution in [0.3, 0.4) is 0 Å². The minimum Gasteiger partial charge on any atom is -0.456 e. The van der Waals surface area contributed by atoms with Gasteiger partial charge >= 0.3 is 0 Å². The molecule has 6 aromatic carbocycles. The van der Waals surface area contributed by atoms with Crippen molar-refractivity contribution in [2.45, 2.75) is 0 Å². The Kier molecular flexibility index (Phi) is 5.77. The van der Waals surface area contributed by atoms with Crippen molar-refractivity contribution in [1.29, 1.82) is 5.26 Å². The van der Waals surface area contributed by atoms with E-state index in [1.165, 1.54) is 0 Å². The van der Waals surface area contributed by atoms with Gasteiger partial charge in [-0.2, -0.15) is 5.26 Å². The molecule has 0 aliphatic heterocycles. The van der Waals surface area contributed by atoms with Crippen LogP contribution in [0.15, 0.2) is 142 Å². The quantitative estimate of drug-likeness (QED) is 0.203. The standard InChI is InChI=1S/C40H22N4O2/c41-23-28-13-7-15-32-36(28)30-19-17-26(21-34(30)45-32)39-42-38(25-11-5-2-6-12-25)43-40(44-39)27-18-20-31-35(22-27)46-33-16-8-14-29(37(31)33)24-9-3-1-4-10-24/h1-22H. The smallest absolute Gasteiger partial charge is 0.164 e. The third-order valence-electron chi connectivity index (χ3n) is 8.38. The van der Waals surface area contributed by atoms with Gasteiger partial charge in [-0.15, -0.1) is 0 Å². The molecular formula is C40H22N4O2. The average molecular weight is 591 g/mol. The zero-order valence-electron chi connectivity index (χ0n) is 24.3. The van der Waals surface area contributed by atoms with Crippen molar-refractivity contribution < 1.29 is 8.83 Å². The summed E-state index contributed by atoms with van der Waals surface area (Å²) in [6, 6.07) is 46.2. The molecule has 0 N–H and O–H groups in total. The fourth-order valence-electron chi connectivity index (χ4n) is 6.23. The highest BCUT2D eigenvalue weighted by Crippen LogP contribution is 2.39. The molecule has 46 heavy (non-hydrogen) atoms. The second-order valence-electron chi connectivity index (χ2n) is 11.1. The number of nitriles is 1. The van der Waals surface area contributed by atoms with E-state index >= 15 is 0 Å². The average Bonchev–Trinajstić information content (AvgIpc) is 3.69. The maximum absolute atomic E-state index is 9.67. The number of hydrogen-bond acceptors (Lipinski definition) is 6. The van der Waals surface area contributed by atoms with E-state index in [1.807, 2.05) is 103 Å². The van der Waals surface area contributed by atoms with E-state index in [0.29, 0.717) is 34.2 Å². The summed E-state index contributed by atoms with van der Waals surface area (Å²) in [5, 5.41) is 13.5. The summed E-state index contributed by atoms with van der Waals surface area (Å²) in [5.74, 6) is 1.61. The van der Waals surface area contributed by atoms with Crippen LogP contribution in [0.1, 0.15) is 5.56 Å². The molecule has 0 saturated heterocycles. The first-order valence-corrected chi connectivity index (χ1v) is 14.9. The molecule has 6 heteroatoms. The molecule has 0 aliphatic rings. The van der Waals surface area contributed by atoms with E-state index in [-0.39, 0.29) is 0 Å². The summed E-state index contributed by atoms with van der Waals surface area (Å²) in [4.78, 5) is 14.8. The molecule has 6 nitrogen and oxygen atoms in total. The lowest BCUT2D eigenvalue weighted by Gasteiger charge is -2.08. The Morgan fingerprint density at radius 1 is 0.435 bits per heavy atom. The predicted molar refractivity (Wildman–Crippen MR) is 181 cm³/mol. The van der Waals surface area contributed by atoms with Crippen molar-refractivity contribution in [2.24, 2.45) is 0 Å². The molecule has 9 rings (SSSR count). The van der Waals surface area contributed by atoms with Crippen molar-refractivity contribution in [1.82, 2.24) is 15.0 Å². The van der Waals surface area contributed by atoms with Crippen molar-refractivity contribution in [3.8, 4) is 51.4 Å². The van der Waals surface area contributed by atoms with Gasteiger partial charge in [0.15, 0.2) is 17.5 Å². The van der Waals surface area contributed by atoms with Crippen LogP contribution in [0, 0.1) is 11.3 Å². The molecule has 0 bridgehead atoms. The number of furan rings is 2. The summed E-state index contributed by atoms with van der Waals surface area (Å²) in [6.07, 6.45) is 0. The van der Waals surface area contributed by atoms with Crippen molar-refractivity contribution in [3.63, 3.8) is 0 Å².